The maximum Gasteiger partial charge on any atom is 0.294 e. The van der Waals surface area contributed by atoms with Crippen LogP contribution < -0.4 is 4.90 Å². The summed E-state index contributed by atoms with van der Waals surface area (Å²) in [6.45, 7) is 0. The van der Waals surface area contributed by atoms with Crippen molar-refractivity contribution in [1.82, 2.24) is 0 Å². The zero-order chi connectivity index (χ0) is 24.3. The van der Waals surface area contributed by atoms with E-state index in [2.05, 4.69) is 15.9 Å². The third-order valence-electron chi connectivity index (χ3n) is 7.20. The average molecular weight is 527 g/mol. The third kappa shape index (κ3) is 3.22. The lowest BCUT2D eigenvalue weighted by atomic mass is 9.85. The Hall–Kier alpha value is -3.84. The topological polar surface area (TPSA) is 80.5 Å². The van der Waals surface area contributed by atoms with Gasteiger partial charge in [-0.3, -0.25) is 19.7 Å². The monoisotopic (exact) mass is 526 g/mol. The summed E-state index contributed by atoms with van der Waals surface area (Å²) in [6.07, 6.45) is 4.05. The van der Waals surface area contributed by atoms with Gasteiger partial charge < -0.3 is 0 Å². The third-order valence-corrected chi connectivity index (χ3v) is 7.70. The summed E-state index contributed by atoms with van der Waals surface area (Å²) >= 11 is 3.24. The Bertz CT molecular complexity index is 1370. The zero-order valence-corrected chi connectivity index (χ0v) is 20.0. The normalized spacial score (nSPS) is 24.3. The van der Waals surface area contributed by atoms with Gasteiger partial charge in [0.05, 0.1) is 16.8 Å². The molecule has 172 valence electrons. The van der Waals surface area contributed by atoms with Crippen LogP contribution in [0.2, 0.25) is 0 Å². The van der Waals surface area contributed by atoms with Crippen LogP contribution in [0, 0.1) is 33.8 Å². The first-order chi connectivity index (χ1) is 17.0. The van der Waals surface area contributed by atoms with Crippen molar-refractivity contribution >= 4 is 44.7 Å². The molecule has 0 aromatic heterocycles. The molecule has 1 saturated heterocycles. The lowest BCUT2D eigenvalue weighted by Gasteiger charge is -2.21. The fraction of sp³-hybridized carbons (Fsp3) is 0.143. The Morgan fingerprint density at radius 1 is 0.800 bits per heavy atom. The minimum Gasteiger partial charge on any atom is -0.274 e. The maximum absolute atomic E-state index is 13.7. The van der Waals surface area contributed by atoms with Gasteiger partial charge in [-0.25, -0.2) is 4.90 Å². The molecule has 1 heterocycles. The molecule has 3 aromatic rings. The Morgan fingerprint density at radius 2 is 1.31 bits per heavy atom. The second-order valence-corrected chi connectivity index (χ2v) is 9.87. The van der Waals surface area contributed by atoms with E-state index in [-0.39, 0.29) is 35.0 Å². The van der Waals surface area contributed by atoms with E-state index in [0.29, 0.717) is 4.47 Å². The van der Waals surface area contributed by atoms with Gasteiger partial charge in [-0.15, -0.1) is 0 Å². The van der Waals surface area contributed by atoms with Crippen LogP contribution in [0.5, 0.6) is 0 Å². The molecule has 2 aliphatic carbocycles. The highest BCUT2D eigenvalue weighted by Gasteiger charge is 2.63. The number of nitro groups is 1. The molecule has 2 fully saturated rings. The van der Waals surface area contributed by atoms with E-state index >= 15 is 0 Å². The van der Waals surface area contributed by atoms with Crippen molar-refractivity contribution < 1.29 is 14.5 Å². The Balaban J connectivity index is 1.49. The number of rotatable bonds is 4. The SMILES string of the molecule is O=C1[C@H]2[C@H](C(=O)N1c1ccc(Br)cc1[N+](=O)[O-])[C@H]1C=C[C@H]2C1=C(c1ccccc1)c1ccccc1. The Morgan fingerprint density at radius 3 is 1.80 bits per heavy atom. The highest BCUT2D eigenvalue weighted by atomic mass is 79.9. The van der Waals surface area contributed by atoms with E-state index in [1.54, 1.807) is 6.07 Å². The maximum atomic E-state index is 13.7. The van der Waals surface area contributed by atoms with Gasteiger partial charge in [-0.05, 0) is 34.4 Å². The lowest BCUT2D eigenvalue weighted by Crippen LogP contribution is -2.33. The summed E-state index contributed by atoms with van der Waals surface area (Å²) in [4.78, 5) is 39.6. The van der Waals surface area contributed by atoms with Crippen LogP contribution in [0.4, 0.5) is 11.4 Å². The summed E-state index contributed by atoms with van der Waals surface area (Å²) in [5, 5.41) is 11.7. The molecule has 0 unspecified atom stereocenters. The van der Waals surface area contributed by atoms with E-state index < -0.39 is 16.8 Å². The number of amides is 2. The number of allylic oxidation sites excluding steroid dienone is 3. The van der Waals surface area contributed by atoms with E-state index in [0.717, 1.165) is 27.2 Å². The Kier molecular flexibility index (Phi) is 5.04. The van der Waals surface area contributed by atoms with E-state index in [4.69, 9.17) is 0 Å². The zero-order valence-electron chi connectivity index (χ0n) is 18.4. The molecule has 0 N–H and O–H groups in total. The van der Waals surface area contributed by atoms with Crippen molar-refractivity contribution in [2.24, 2.45) is 23.7 Å². The van der Waals surface area contributed by atoms with Gasteiger partial charge in [0.15, 0.2) is 0 Å². The van der Waals surface area contributed by atoms with Crippen LogP contribution in [0.15, 0.2) is 101 Å². The summed E-state index contributed by atoms with van der Waals surface area (Å²) in [5.74, 6) is -2.37. The molecule has 3 aliphatic rings. The number of imide groups is 1. The number of carbonyl (C=O) groups is 2. The first kappa shape index (κ1) is 21.7. The predicted octanol–water partition coefficient (Wildman–Crippen LogP) is 5.78. The number of halogens is 1. The minimum absolute atomic E-state index is 0.0267. The molecule has 1 aliphatic heterocycles. The van der Waals surface area contributed by atoms with Gasteiger partial charge in [0.25, 0.3) is 5.69 Å². The smallest absolute Gasteiger partial charge is 0.274 e. The fourth-order valence-corrected chi connectivity index (χ4v) is 6.22. The van der Waals surface area contributed by atoms with Gasteiger partial charge in [-0.2, -0.15) is 0 Å². The van der Waals surface area contributed by atoms with Gasteiger partial charge in [-0.1, -0.05) is 88.7 Å². The van der Waals surface area contributed by atoms with Crippen LogP contribution in [-0.4, -0.2) is 16.7 Å². The van der Waals surface area contributed by atoms with Crippen LogP contribution in [0.3, 0.4) is 0 Å². The summed E-state index contributed by atoms with van der Waals surface area (Å²) < 4.78 is 0.509. The fourth-order valence-electron chi connectivity index (χ4n) is 5.88. The minimum atomic E-state index is -0.571. The van der Waals surface area contributed by atoms with Crippen molar-refractivity contribution in [3.63, 3.8) is 0 Å². The number of hydrogen-bond donors (Lipinski definition) is 0. The van der Waals surface area contributed by atoms with Crippen molar-refractivity contribution in [2.45, 2.75) is 0 Å². The van der Waals surface area contributed by atoms with Crippen LogP contribution in [0.1, 0.15) is 11.1 Å². The van der Waals surface area contributed by atoms with E-state index in [1.165, 1.54) is 12.1 Å². The van der Waals surface area contributed by atoms with Crippen LogP contribution in [0.25, 0.3) is 5.57 Å². The van der Waals surface area contributed by atoms with Gasteiger partial charge in [0, 0.05) is 22.4 Å². The van der Waals surface area contributed by atoms with Crippen molar-refractivity contribution in [3.8, 4) is 0 Å². The number of nitro benzene ring substituents is 1. The highest BCUT2D eigenvalue weighted by Crippen LogP contribution is 2.59. The molecule has 35 heavy (non-hydrogen) atoms. The number of hydrogen-bond acceptors (Lipinski definition) is 4. The summed E-state index contributed by atoms with van der Waals surface area (Å²) in [5.41, 5.74) is 3.94. The molecule has 6 nitrogen and oxygen atoms in total. The predicted molar refractivity (Wildman–Crippen MR) is 135 cm³/mol. The number of benzene rings is 3. The lowest BCUT2D eigenvalue weighted by molar-refractivity contribution is -0.384. The van der Waals surface area contributed by atoms with Gasteiger partial charge >= 0.3 is 0 Å². The van der Waals surface area contributed by atoms with Gasteiger partial charge in [0.2, 0.25) is 11.8 Å². The number of fused-ring (bicyclic) bond motifs is 5. The second-order valence-electron chi connectivity index (χ2n) is 8.95. The van der Waals surface area contributed by atoms with Crippen LogP contribution in [-0.2, 0) is 9.59 Å². The first-order valence-corrected chi connectivity index (χ1v) is 12.1. The summed E-state index contributed by atoms with van der Waals surface area (Å²) in [6, 6.07) is 24.4. The Labute approximate surface area is 209 Å². The number of anilines is 1. The van der Waals surface area contributed by atoms with Crippen molar-refractivity contribution in [3.05, 3.63) is 122 Å². The van der Waals surface area contributed by atoms with Gasteiger partial charge in [0.1, 0.15) is 5.69 Å². The molecule has 6 rings (SSSR count). The molecular weight excluding hydrogens is 508 g/mol. The molecule has 2 bridgehead atoms. The first-order valence-electron chi connectivity index (χ1n) is 11.3. The van der Waals surface area contributed by atoms with Crippen molar-refractivity contribution in [1.29, 1.82) is 0 Å². The average Bonchev–Trinajstić information content (AvgIpc) is 3.50. The van der Waals surface area contributed by atoms with E-state index in [9.17, 15) is 19.7 Å². The number of nitrogens with zero attached hydrogens (tertiary/aromatic N) is 2. The molecule has 0 radical (unpaired) electrons. The molecule has 7 heteroatoms. The highest BCUT2D eigenvalue weighted by molar-refractivity contribution is 9.10. The summed E-state index contributed by atoms with van der Waals surface area (Å²) in [7, 11) is 0. The molecule has 4 atom stereocenters. The largest absolute Gasteiger partial charge is 0.294 e. The molecule has 2 amide bonds. The van der Waals surface area contributed by atoms with E-state index in [1.807, 2.05) is 72.8 Å². The van der Waals surface area contributed by atoms with Crippen molar-refractivity contribution in [2.75, 3.05) is 4.90 Å². The molecule has 3 aromatic carbocycles. The standard InChI is InChI=1S/C28H19BrN2O4/c29-18-11-14-21(22(15-18)31(34)35)30-27(32)25-19-12-13-20(26(25)28(30)33)24(19)23(16-7-3-1-4-8-16)17-9-5-2-6-10-17/h1-15,19-20,25-26H/t19-,20-,25+,26+/m0/s1. The van der Waals surface area contributed by atoms with Crippen LogP contribution >= 0.6 is 15.9 Å². The molecular formula is C28H19BrN2O4. The molecule has 0 spiro atoms. The second kappa shape index (κ2) is 8.13. The quantitative estimate of drug-likeness (QED) is 0.187. The molecule has 1 saturated carbocycles. The number of carbonyl (C=O) groups excluding carboxylic acids is 2.